The molecule has 25 heavy (non-hydrogen) atoms. The summed E-state index contributed by atoms with van der Waals surface area (Å²) in [7, 11) is -3.42. The Labute approximate surface area is 147 Å². The summed E-state index contributed by atoms with van der Waals surface area (Å²) in [5, 5.41) is 18.0. The van der Waals surface area contributed by atoms with Crippen molar-refractivity contribution >= 4 is 21.4 Å². The monoisotopic (exact) mass is 359 g/mol. The molecular formula is C18H21N3O3S. The van der Waals surface area contributed by atoms with Crippen molar-refractivity contribution < 1.29 is 13.5 Å². The van der Waals surface area contributed by atoms with Crippen molar-refractivity contribution in [3.05, 3.63) is 48.0 Å². The third kappa shape index (κ3) is 3.88. The molecule has 0 unspecified atom stereocenters. The highest BCUT2D eigenvalue weighted by atomic mass is 32.2. The van der Waals surface area contributed by atoms with Gasteiger partial charge in [-0.25, -0.2) is 8.42 Å². The molecule has 2 aromatic rings. The largest absolute Gasteiger partial charge is 0.506 e. The van der Waals surface area contributed by atoms with Gasteiger partial charge in [0.05, 0.1) is 10.6 Å². The fourth-order valence-corrected chi connectivity index (χ4v) is 4.26. The molecule has 0 aromatic heterocycles. The molecule has 1 heterocycles. The molecule has 0 atom stereocenters. The standard InChI is InChI=1S/C18H21N3O3S/c1-2-14-5-10-18(22)17(13-14)20-19-15-6-8-16(9-7-15)25(23,24)21-11-3-4-12-21/h5-10,13,22H,2-4,11-12H2,1H3. The normalized spacial score (nSPS) is 15.9. The lowest BCUT2D eigenvalue weighted by atomic mass is 10.1. The minimum Gasteiger partial charge on any atom is -0.506 e. The summed E-state index contributed by atoms with van der Waals surface area (Å²) in [4.78, 5) is 0.268. The maximum absolute atomic E-state index is 12.5. The number of sulfonamides is 1. The van der Waals surface area contributed by atoms with Crippen LogP contribution in [0.5, 0.6) is 5.75 Å². The van der Waals surface area contributed by atoms with Crippen molar-refractivity contribution in [2.75, 3.05) is 13.1 Å². The van der Waals surface area contributed by atoms with Crippen molar-refractivity contribution in [1.29, 1.82) is 0 Å². The van der Waals surface area contributed by atoms with E-state index in [0.29, 0.717) is 24.5 Å². The summed E-state index contributed by atoms with van der Waals surface area (Å²) in [6, 6.07) is 11.5. The van der Waals surface area contributed by atoms with Crippen molar-refractivity contribution in [1.82, 2.24) is 4.31 Å². The van der Waals surface area contributed by atoms with Gasteiger partial charge in [-0.3, -0.25) is 0 Å². The summed E-state index contributed by atoms with van der Waals surface area (Å²) in [6.45, 7) is 3.18. The van der Waals surface area contributed by atoms with Gasteiger partial charge in [0.2, 0.25) is 10.0 Å². The molecule has 0 radical (unpaired) electrons. The molecule has 1 aliphatic heterocycles. The lowest BCUT2D eigenvalue weighted by molar-refractivity contribution is 0.476. The first-order valence-electron chi connectivity index (χ1n) is 8.34. The minimum absolute atomic E-state index is 0.0641. The number of phenolic OH excluding ortho intramolecular Hbond substituents is 1. The maximum Gasteiger partial charge on any atom is 0.243 e. The predicted molar refractivity (Wildman–Crippen MR) is 96.1 cm³/mol. The summed E-state index contributed by atoms with van der Waals surface area (Å²) in [5.41, 5.74) is 1.98. The number of azo groups is 1. The Morgan fingerprint density at radius 2 is 1.72 bits per heavy atom. The molecule has 6 nitrogen and oxygen atoms in total. The Kier molecular flexibility index (Phi) is 5.15. The SMILES string of the molecule is CCc1ccc(O)c(N=Nc2ccc(S(=O)(=O)N3CCCC3)cc2)c1. The first-order chi connectivity index (χ1) is 12.0. The van der Waals surface area contributed by atoms with Crippen LogP contribution < -0.4 is 0 Å². The van der Waals surface area contributed by atoms with Crippen LogP contribution in [0, 0.1) is 0 Å². The van der Waals surface area contributed by atoms with Gasteiger partial charge in [-0.15, -0.1) is 5.11 Å². The van der Waals surface area contributed by atoms with Gasteiger partial charge in [0.15, 0.2) is 0 Å². The molecule has 1 fully saturated rings. The average Bonchev–Trinajstić information content (AvgIpc) is 3.17. The van der Waals surface area contributed by atoms with Gasteiger partial charge in [-0.1, -0.05) is 13.0 Å². The van der Waals surface area contributed by atoms with Gasteiger partial charge in [-0.2, -0.15) is 9.42 Å². The highest BCUT2D eigenvalue weighted by Crippen LogP contribution is 2.30. The fraction of sp³-hybridized carbons (Fsp3) is 0.333. The molecule has 0 spiro atoms. The van der Waals surface area contributed by atoms with Gasteiger partial charge in [0, 0.05) is 13.1 Å². The highest BCUT2D eigenvalue weighted by Gasteiger charge is 2.26. The Hall–Kier alpha value is -2.25. The van der Waals surface area contributed by atoms with Gasteiger partial charge in [-0.05, 0) is 61.2 Å². The molecule has 0 aliphatic carbocycles. The van der Waals surface area contributed by atoms with Crippen LogP contribution in [0.3, 0.4) is 0 Å². The predicted octanol–water partition coefficient (Wildman–Crippen LogP) is 4.15. The number of aryl methyl sites for hydroxylation is 1. The molecule has 7 heteroatoms. The van der Waals surface area contributed by atoms with E-state index in [4.69, 9.17) is 0 Å². The van der Waals surface area contributed by atoms with E-state index in [0.717, 1.165) is 24.8 Å². The number of aromatic hydroxyl groups is 1. The second-order valence-corrected chi connectivity index (χ2v) is 7.92. The number of hydrogen-bond acceptors (Lipinski definition) is 5. The van der Waals surface area contributed by atoms with Crippen molar-refractivity contribution in [2.24, 2.45) is 10.2 Å². The Balaban J connectivity index is 1.79. The Morgan fingerprint density at radius 1 is 1.04 bits per heavy atom. The number of rotatable bonds is 5. The van der Waals surface area contributed by atoms with E-state index in [1.165, 1.54) is 4.31 Å². The van der Waals surface area contributed by atoms with Crippen molar-refractivity contribution in [2.45, 2.75) is 31.1 Å². The molecule has 0 bridgehead atoms. The maximum atomic E-state index is 12.5. The van der Waals surface area contributed by atoms with E-state index in [9.17, 15) is 13.5 Å². The van der Waals surface area contributed by atoms with Crippen LogP contribution in [0.15, 0.2) is 57.6 Å². The van der Waals surface area contributed by atoms with E-state index in [1.807, 2.05) is 13.0 Å². The van der Waals surface area contributed by atoms with Crippen molar-refractivity contribution in [3.8, 4) is 5.75 Å². The first kappa shape index (κ1) is 17.6. The van der Waals surface area contributed by atoms with Gasteiger partial charge < -0.3 is 5.11 Å². The van der Waals surface area contributed by atoms with E-state index in [1.54, 1.807) is 36.4 Å². The Morgan fingerprint density at radius 3 is 2.36 bits per heavy atom. The minimum atomic E-state index is -3.42. The van der Waals surface area contributed by atoms with E-state index in [-0.39, 0.29) is 10.6 Å². The van der Waals surface area contributed by atoms with E-state index < -0.39 is 10.0 Å². The van der Waals surface area contributed by atoms with Crippen LogP contribution >= 0.6 is 0 Å². The first-order valence-corrected chi connectivity index (χ1v) is 9.78. The molecule has 132 valence electrons. The zero-order valence-corrected chi connectivity index (χ0v) is 14.9. The molecular weight excluding hydrogens is 338 g/mol. The smallest absolute Gasteiger partial charge is 0.243 e. The molecule has 2 aromatic carbocycles. The van der Waals surface area contributed by atoms with Crippen LogP contribution in [-0.2, 0) is 16.4 Å². The van der Waals surface area contributed by atoms with Crippen LogP contribution in [0.1, 0.15) is 25.3 Å². The number of benzene rings is 2. The molecule has 1 N–H and O–H groups in total. The molecule has 1 saturated heterocycles. The molecule has 0 amide bonds. The Bertz CT molecular complexity index is 871. The zero-order valence-electron chi connectivity index (χ0n) is 14.1. The quantitative estimate of drug-likeness (QED) is 0.814. The van der Waals surface area contributed by atoms with Gasteiger partial charge in [0.25, 0.3) is 0 Å². The summed E-state index contributed by atoms with van der Waals surface area (Å²) in [6.07, 6.45) is 2.66. The summed E-state index contributed by atoms with van der Waals surface area (Å²) >= 11 is 0. The number of hydrogen-bond donors (Lipinski definition) is 1. The lowest BCUT2D eigenvalue weighted by Gasteiger charge is -2.15. The van der Waals surface area contributed by atoms with Crippen LogP contribution in [0.4, 0.5) is 11.4 Å². The van der Waals surface area contributed by atoms with Gasteiger partial charge in [0.1, 0.15) is 11.4 Å². The van der Waals surface area contributed by atoms with E-state index >= 15 is 0 Å². The highest BCUT2D eigenvalue weighted by molar-refractivity contribution is 7.89. The van der Waals surface area contributed by atoms with E-state index in [2.05, 4.69) is 10.2 Å². The third-order valence-corrected chi connectivity index (χ3v) is 6.17. The molecule has 3 rings (SSSR count). The lowest BCUT2D eigenvalue weighted by Crippen LogP contribution is -2.27. The van der Waals surface area contributed by atoms with Crippen LogP contribution in [-0.4, -0.2) is 30.9 Å². The average molecular weight is 359 g/mol. The summed E-state index contributed by atoms with van der Waals surface area (Å²) < 4.78 is 26.5. The van der Waals surface area contributed by atoms with Crippen LogP contribution in [0.2, 0.25) is 0 Å². The fourth-order valence-electron chi connectivity index (χ4n) is 2.74. The second-order valence-electron chi connectivity index (χ2n) is 5.98. The van der Waals surface area contributed by atoms with Gasteiger partial charge >= 0.3 is 0 Å². The number of phenols is 1. The third-order valence-electron chi connectivity index (χ3n) is 4.26. The van der Waals surface area contributed by atoms with Crippen LogP contribution in [0.25, 0.3) is 0 Å². The zero-order chi connectivity index (χ0) is 17.9. The molecule has 0 saturated carbocycles. The number of nitrogens with zero attached hydrogens (tertiary/aromatic N) is 3. The second kappa shape index (κ2) is 7.33. The summed E-state index contributed by atoms with van der Waals surface area (Å²) in [5.74, 6) is 0.0641. The van der Waals surface area contributed by atoms with Crippen molar-refractivity contribution in [3.63, 3.8) is 0 Å². The topological polar surface area (TPSA) is 82.3 Å². The molecule has 1 aliphatic rings.